The molecule has 0 N–H and O–H groups in total. The van der Waals surface area contributed by atoms with Crippen molar-refractivity contribution in [1.82, 2.24) is 4.90 Å². The van der Waals surface area contributed by atoms with Gasteiger partial charge in [0, 0.05) is 32.9 Å². The maximum absolute atomic E-state index is 12.3. The van der Waals surface area contributed by atoms with Crippen molar-refractivity contribution in [2.45, 2.75) is 25.6 Å². The number of rotatable bonds is 6. The van der Waals surface area contributed by atoms with Gasteiger partial charge in [-0.05, 0) is 12.0 Å². The van der Waals surface area contributed by atoms with E-state index in [2.05, 4.69) is 11.8 Å². The van der Waals surface area contributed by atoms with E-state index < -0.39 is 0 Å². The minimum atomic E-state index is 0.0512. The van der Waals surface area contributed by atoms with Crippen molar-refractivity contribution in [2.24, 2.45) is 0 Å². The molecule has 1 heterocycles. The van der Waals surface area contributed by atoms with Crippen molar-refractivity contribution in [3.63, 3.8) is 0 Å². The highest BCUT2D eigenvalue weighted by Crippen LogP contribution is 2.16. The van der Waals surface area contributed by atoms with Crippen LogP contribution < -0.4 is 0 Å². The number of nitrogens with zero attached hydrogens (tertiary/aromatic N) is 1. The summed E-state index contributed by atoms with van der Waals surface area (Å²) < 4.78 is 10.8. The van der Waals surface area contributed by atoms with Gasteiger partial charge in [0.05, 0.1) is 18.8 Å². The Morgan fingerprint density at radius 1 is 1.15 bits per heavy atom. The molecule has 0 amide bonds. The van der Waals surface area contributed by atoms with Gasteiger partial charge in [0.2, 0.25) is 0 Å². The average Bonchev–Trinajstić information content (AvgIpc) is 2.89. The molecule has 1 aliphatic rings. The lowest BCUT2D eigenvalue weighted by molar-refractivity contribution is -0.00461. The third-order valence-electron chi connectivity index (χ3n) is 3.95. The number of methoxy groups -OCH3 is 2. The van der Waals surface area contributed by atoms with Crippen LogP contribution in [0.25, 0.3) is 0 Å². The minimum absolute atomic E-state index is 0.0512. The third kappa shape index (κ3) is 3.45. The minimum Gasteiger partial charge on any atom is -0.377 e. The first kappa shape index (κ1) is 15.2. The second-order valence-corrected chi connectivity index (χ2v) is 5.22. The van der Waals surface area contributed by atoms with Crippen molar-refractivity contribution in [3.05, 3.63) is 35.4 Å². The first-order chi connectivity index (χ1) is 9.67. The number of ketones is 1. The molecule has 1 fully saturated rings. The molecule has 1 saturated heterocycles. The molecule has 1 aromatic rings. The largest absolute Gasteiger partial charge is 0.377 e. The molecule has 2 atom stereocenters. The van der Waals surface area contributed by atoms with E-state index in [1.54, 1.807) is 14.2 Å². The normalized spacial score (nSPS) is 23.1. The van der Waals surface area contributed by atoms with E-state index in [1.807, 2.05) is 24.3 Å². The maximum Gasteiger partial charge on any atom is 0.176 e. The number of aryl methyl sites for hydroxylation is 1. The fourth-order valence-electron chi connectivity index (χ4n) is 2.62. The molecule has 0 bridgehead atoms. The molecule has 0 aliphatic carbocycles. The summed E-state index contributed by atoms with van der Waals surface area (Å²) in [6.07, 6.45) is 1.09. The molecular formula is C16H23NO3. The van der Waals surface area contributed by atoms with Crippen LogP contribution in [0.15, 0.2) is 24.3 Å². The number of carbonyl (C=O) groups excluding carboxylic acids is 1. The highest BCUT2D eigenvalue weighted by atomic mass is 16.5. The van der Waals surface area contributed by atoms with Crippen LogP contribution in [0, 0.1) is 0 Å². The summed E-state index contributed by atoms with van der Waals surface area (Å²) in [5, 5.41) is 0. The molecule has 4 heteroatoms. The monoisotopic (exact) mass is 277 g/mol. The van der Waals surface area contributed by atoms with Gasteiger partial charge in [0.15, 0.2) is 5.78 Å². The molecule has 0 aromatic heterocycles. The number of carbonyl (C=O) groups is 1. The third-order valence-corrected chi connectivity index (χ3v) is 3.95. The Kier molecular flexibility index (Phi) is 5.29. The van der Waals surface area contributed by atoms with Crippen LogP contribution in [-0.4, -0.2) is 56.7 Å². The van der Waals surface area contributed by atoms with Crippen LogP contribution in [0.5, 0.6) is 0 Å². The Labute approximate surface area is 120 Å². The number of hydrogen-bond donors (Lipinski definition) is 0. The number of benzene rings is 1. The fourth-order valence-corrected chi connectivity index (χ4v) is 2.62. The lowest BCUT2D eigenvalue weighted by Gasteiger charge is -2.14. The Morgan fingerprint density at radius 3 is 2.15 bits per heavy atom. The molecule has 0 radical (unpaired) electrons. The number of likely N-dealkylation sites (tertiary alicyclic amines) is 1. The van der Waals surface area contributed by atoms with Gasteiger partial charge in [-0.2, -0.15) is 0 Å². The zero-order chi connectivity index (χ0) is 14.5. The van der Waals surface area contributed by atoms with Gasteiger partial charge < -0.3 is 9.47 Å². The second-order valence-electron chi connectivity index (χ2n) is 5.22. The van der Waals surface area contributed by atoms with Crippen molar-refractivity contribution in [2.75, 3.05) is 33.9 Å². The second kappa shape index (κ2) is 6.97. The topological polar surface area (TPSA) is 38.8 Å². The molecular weight excluding hydrogens is 254 g/mol. The maximum atomic E-state index is 12.3. The summed E-state index contributed by atoms with van der Waals surface area (Å²) in [6, 6.07) is 7.87. The molecule has 110 valence electrons. The van der Waals surface area contributed by atoms with Gasteiger partial charge in [-0.1, -0.05) is 31.2 Å². The highest BCUT2D eigenvalue weighted by molar-refractivity contribution is 5.97. The summed E-state index contributed by atoms with van der Waals surface area (Å²) in [5.41, 5.74) is 2.03. The van der Waals surface area contributed by atoms with Gasteiger partial charge in [0.1, 0.15) is 0 Å². The van der Waals surface area contributed by atoms with Gasteiger partial charge in [-0.3, -0.25) is 9.69 Å². The Bertz CT molecular complexity index is 432. The average molecular weight is 277 g/mol. The van der Waals surface area contributed by atoms with Gasteiger partial charge in [-0.15, -0.1) is 0 Å². The van der Waals surface area contributed by atoms with Crippen molar-refractivity contribution in [3.8, 4) is 0 Å². The van der Waals surface area contributed by atoms with Crippen LogP contribution in [0.4, 0.5) is 0 Å². The van der Waals surface area contributed by atoms with E-state index in [1.165, 1.54) is 5.56 Å². The SMILES string of the molecule is CCc1ccc(C(=O)CN2CC(OC)C(OC)C2)cc1. The van der Waals surface area contributed by atoms with Crippen LogP contribution in [0.1, 0.15) is 22.8 Å². The van der Waals surface area contributed by atoms with Crippen LogP contribution >= 0.6 is 0 Å². The number of Topliss-reactive ketones (excluding diaryl/α,β-unsaturated/α-hetero) is 1. The standard InChI is InChI=1S/C16H23NO3/c1-4-12-5-7-13(8-6-12)14(18)9-17-10-15(19-2)16(11-17)20-3/h5-8,15-16H,4,9-11H2,1-3H3. The Hall–Kier alpha value is -1.23. The van der Waals surface area contributed by atoms with Crippen LogP contribution in [0.3, 0.4) is 0 Å². The number of hydrogen-bond acceptors (Lipinski definition) is 4. The molecule has 2 rings (SSSR count). The van der Waals surface area contributed by atoms with E-state index in [4.69, 9.17) is 9.47 Å². The first-order valence-electron chi connectivity index (χ1n) is 7.08. The predicted molar refractivity (Wildman–Crippen MR) is 78.2 cm³/mol. The van der Waals surface area contributed by atoms with E-state index in [9.17, 15) is 4.79 Å². The Balaban J connectivity index is 1.94. The zero-order valence-electron chi connectivity index (χ0n) is 12.5. The molecule has 2 unspecified atom stereocenters. The van der Waals surface area contributed by atoms with Crippen molar-refractivity contribution in [1.29, 1.82) is 0 Å². The first-order valence-corrected chi connectivity index (χ1v) is 7.08. The van der Waals surface area contributed by atoms with Crippen LogP contribution in [-0.2, 0) is 15.9 Å². The summed E-state index contributed by atoms with van der Waals surface area (Å²) in [6.45, 7) is 4.02. The summed E-state index contributed by atoms with van der Waals surface area (Å²) >= 11 is 0. The summed E-state index contributed by atoms with van der Waals surface area (Å²) in [5.74, 6) is 0.152. The van der Waals surface area contributed by atoms with Crippen molar-refractivity contribution < 1.29 is 14.3 Å². The molecule has 20 heavy (non-hydrogen) atoms. The quantitative estimate of drug-likeness (QED) is 0.743. The van der Waals surface area contributed by atoms with E-state index in [0.717, 1.165) is 25.1 Å². The summed E-state index contributed by atoms with van der Waals surface area (Å²) in [4.78, 5) is 14.4. The molecule has 0 spiro atoms. The molecule has 4 nitrogen and oxygen atoms in total. The number of ether oxygens (including phenoxy) is 2. The van der Waals surface area contributed by atoms with Gasteiger partial charge in [0.25, 0.3) is 0 Å². The van der Waals surface area contributed by atoms with Gasteiger partial charge >= 0.3 is 0 Å². The van der Waals surface area contributed by atoms with Gasteiger partial charge in [-0.25, -0.2) is 0 Å². The smallest absolute Gasteiger partial charge is 0.176 e. The molecule has 1 aromatic carbocycles. The fraction of sp³-hybridized carbons (Fsp3) is 0.562. The molecule has 1 aliphatic heterocycles. The van der Waals surface area contributed by atoms with E-state index in [-0.39, 0.29) is 18.0 Å². The zero-order valence-corrected chi connectivity index (χ0v) is 12.5. The lowest BCUT2D eigenvalue weighted by atomic mass is 10.1. The summed E-state index contributed by atoms with van der Waals surface area (Å²) in [7, 11) is 3.37. The highest BCUT2D eigenvalue weighted by Gasteiger charge is 2.33. The van der Waals surface area contributed by atoms with Crippen LogP contribution in [0.2, 0.25) is 0 Å². The predicted octanol–water partition coefficient (Wildman–Crippen LogP) is 1.78. The van der Waals surface area contributed by atoms with E-state index in [0.29, 0.717) is 6.54 Å². The molecule has 0 saturated carbocycles. The lowest BCUT2D eigenvalue weighted by Crippen LogP contribution is -2.29. The Morgan fingerprint density at radius 2 is 1.70 bits per heavy atom. The van der Waals surface area contributed by atoms with E-state index >= 15 is 0 Å². The van der Waals surface area contributed by atoms with Crippen molar-refractivity contribution >= 4 is 5.78 Å².